The first-order valence-electron chi connectivity index (χ1n) is 9.10. The smallest absolute Gasteiger partial charge is 0.380 e. The van der Waals surface area contributed by atoms with Crippen LogP contribution in [0.2, 0.25) is 0 Å². The summed E-state index contributed by atoms with van der Waals surface area (Å²) >= 11 is 0. The van der Waals surface area contributed by atoms with Crippen molar-refractivity contribution in [2.75, 3.05) is 13.1 Å². The standard InChI is InChI=1S/C20H24N2O4/c1-13-17(15-9-5-6-10-16(15)21-13)18(23)20(25)26-14(2)19(24)22-11-7-3-4-8-12-22/h5-6,9-10,14,21H,3-4,7-8,11-12H2,1-2H3/t14-/m0/s1. The third-order valence-corrected chi connectivity index (χ3v) is 4.86. The first-order valence-corrected chi connectivity index (χ1v) is 9.10. The van der Waals surface area contributed by atoms with Crippen LogP contribution in [-0.2, 0) is 14.3 Å². The second-order valence-electron chi connectivity index (χ2n) is 6.79. The lowest BCUT2D eigenvalue weighted by Crippen LogP contribution is -2.41. The van der Waals surface area contributed by atoms with E-state index in [1.54, 1.807) is 17.9 Å². The predicted molar refractivity (Wildman–Crippen MR) is 98.0 cm³/mol. The minimum absolute atomic E-state index is 0.233. The molecule has 3 rings (SSSR count). The molecule has 2 heterocycles. The number of likely N-dealkylation sites (tertiary alicyclic amines) is 1. The molecule has 1 aromatic carbocycles. The molecule has 0 aliphatic carbocycles. The van der Waals surface area contributed by atoms with Crippen LogP contribution >= 0.6 is 0 Å². The summed E-state index contributed by atoms with van der Waals surface area (Å²) in [5.74, 6) is -1.95. The van der Waals surface area contributed by atoms with Gasteiger partial charge in [-0.2, -0.15) is 0 Å². The summed E-state index contributed by atoms with van der Waals surface area (Å²) in [6.07, 6.45) is 3.17. The van der Waals surface area contributed by atoms with Crippen molar-refractivity contribution < 1.29 is 19.1 Å². The summed E-state index contributed by atoms with van der Waals surface area (Å²) in [7, 11) is 0. The number of ketones is 1. The number of fused-ring (bicyclic) bond motifs is 1. The molecule has 1 fully saturated rings. The SMILES string of the molecule is Cc1[nH]c2ccccc2c1C(=O)C(=O)O[C@@H](C)C(=O)N1CCCCCC1. The molecule has 1 amide bonds. The van der Waals surface area contributed by atoms with Crippen molar-refractivity contribution in [3.63, 3.8) is 0 Å². The van der Waals surface area contributed by atoms with E-state index in [0.29, 0.717) is 29.7 Å². The molecule has 0 radical (unpaired) electrons. The van der Waals surface area contributed by atoms with E-state index >= 15 is 0 Å². The minimum atomic E-state index is -0.992. The Balaban J connectivity index is 1.71. The van der Waals surface area contributed by atoms with Gasteiger partial charge in [-0.25, -0.2) is 4.79 Å². The molecule has 26 heavy (non-hydrogen) atoms. The van der Waals surface area contributed by atoms with Gasteiger partial charge in [-0.05, 0) is 32.8 Å². The molecule has 1 saturated heterocycles. The summed E-state index contributed by atoms with van der Waals surface area (Å²) in [5, 5.41) is 0.679. The number of aromatic nitrogens is 1. The molecule has 1 aromatic heterocycles. The number of carbonyl (C=O) groups excluding carboxylic acids is 3. The lowest BCUT2D eigenvalue weighted by atomic mass is 10.1. The highest BCUT2D eigenvalue weighted by Crippen LogP contribution is 2.23. The monoisotopic (exact) mass is 356 g/mol. The van der Waals surface area contributed by atoms with Crippen molar-refractivity contribution in [2.24, 2.45) is 0 Å². The zero-order valence-electron chi connectivity index (χ0n) is 15.2. The lowest BCUT2D eigenvalue weighted by Gasteiger charge is -2.23. The fourth-order valence-electron chi connectivity index (χ4n) is 3.48. The van der Waals surface area contributed by atoms with E-state index in [2.05, 4.69) is 4.98 Å². The van der Waals surface area contributed by atoms with Gasteiger partial charge < -0.3 is 14.6 Å². The molecule has 138 valence electrons. The number of aryl methyl sites for hydroxylation is 1. The second kappa shape index (κ2) is 7.72. The Hall–Kier alpha value is -2.63. The van der Waals surface area contributed by atoms with E-state index in [4.69, 9.17) is 4.74 Å². The molecule has 0 bridgehead atoms. The molecule has 1 aliphatic heterocycles. The Morgan fingerprint density at radius 2 is 1.73 bits per heavy atom. The lowest BCUT2D eigenvalue weighted by molar-refractivity contribution is -0.155. The number of esters is 1. The third kappa shape index (κ3) is 3.64. The van der Waals surface area contributed by atoms with Crippen molar-refractivity contribution in [1.29, 1.82) is 0 Å². The van der Waals surface area contributed by atoms with Gasteiger partial charge in [-0.1, -0.05) is 31.0 Å². The second-order valence-corrected chi connectivity index (χ2v) is 6.79. The highest BCUT2D eigenvalue weighted by atomic mass is 16.6. The molecule has 1 atom stereocenters. The topological polar surface area (TPSA) is 79.5 Å². The number of ether oxygens (including phenoxy) is 1. The number of H-pyrrole nitrogens is 1. The van der Waals surface area contributed by atoms with E-state index in [9.17, 15) is 14.4 Å². The van der Waals surface area contributed by atoms with E-state index in [0.717, 1.165) is 31.2 Å². The van der Waals surface area contributed by atoms with Crippen molar-refractivity contribution in [3.05, 3.63) is 35.5 Å². The Morgan fingerprint density at radius 1 is 1.08 bits per heavy atom. The van der Waals surface area contributed by atoms with Crippen molar-refractivity contribution >= 4 is 28.6 Å². The number of carbonyl (C=O) groups is 3. The summed E-state index contributed by atoms with van der Waals surface area (Å²) < 4.78 is 5.20. The van der Waals surface area contributed by atoms with Gasteiger partial charge in [-0.3, -0.25) is 9.59 Å². The molecule has 1 N–H and O–H groups in total. The Morgan fingerprint density at radius 3 is 2.42 bits per heavy atom. The molecule has 0 saturated carbocycles. The van der Waals surface area contributed by atoms with Crippen molar-refractivity contribution in [3.8, 4) is 0 Å². The zero-order chi connectivity index (χ0) is 18.7. The van der Waals surface area contributed by atoms with Crippen molar-refractivity contribution in [1.82, 2.24) is 9.88 Å². The van der Waals surface area contributed by atoms with Crippen LogP contribution in [-0.4, -0.2) is 46.7 Å². The number of nitrogens with zero attached hydrogens (tertiary/aromatic N) is 1. The largest absolute Gasteiger partial charge is 0.447 e. The van der Waals surface area contributed by atoms with Crippen molar-refractivity contribution in [2.45, 2.75) is 45.6 Å². The normalized spacial score (nSPS) is 16.2. The van der Waals surface area contributed by atoms with Gasteiger partial charge in [0.05, 0.1) is 5.56 Å². The average Bonchev–Trinajstić information content (AvgIpc) is 2.79. The number of aromatic amines is 1. The minimum Gasteiger partial charge on any atom is -0.447 e. The summed E-state index contributed by atoms with van der Waals surface area (Å²) in [6.45, 7) is 4.62. The van der Waals surface area contributed by atoms with Gasteiger partial charge in [0.15, 0.2) is 6.10 Å². The maximum absolute atomic E-state index is 12.6. The van der Waals surface area contributed by atoms with Crippen LogP contribution in [0.5, 0.6) is 0 Å². The highest BCUT2D eigenvalue weighted by Gasteiger charge is 2.29. The van der Waals surface area contributed by atoms with Crippen LogP contribution < -0.4 is 0 Å². The number of Topliss-reactive ketones (excluding diaryl/α,β-unsaturated/α-hetero) is 1. The number of benzene rings is 1. The number of para-hydroxylation sites is 1. The number of rotatable bonds is 4. The van der Waals surface area contributed by atoms with E-state index in [1.807, 2.05) is 18.2 Å². The van der Waals surface area contributed by atoms with Gasteiger partial charge in [0.1, 0.15) is 0 Å². The van der Waals surface area contributed by atoms with Crippen LogP contribution in [0.3, 0.4) is 0 Å². The molecule has 2 aromatic rings. The van der Waals surface area contributed by atoms with Gasteiger partial charge in [-0.15, -0.1) is 0 Å². The number of hydrogen-bond donors (Lipinski definition) is 1. The molecular formula is C20H24N2O4. The summed E-state index contributed by atoms with van der Waals surface area (Å²) in [4.78, 5) is 42.3. The average molecular weight is 356 g/mol. The summed E-state index contributed by atoms with van der Waals surface area (Å²) in [6, 6.07) is 7.29. The molecule has 6 nitrogen and oxygen atoms in total. The maximum atomic E-state index is 12.6. The molecule has 0 spiro atoms. The van der Waals surface area contributed by atoms with Crippen LogP contribution in [0, 0.1) is 6.92 Å². The quantitative estimate of drug-likeness (QED) is 0.519. The molecule has 6 heteroatoms. The van der Waals surface area contributed by atoms with E-state index in [-0.39, 0.29) is 5.91 Å². The Bertz CT molecular complexity index is 831. The first-order chi connectivity index (χ1) is 12.5. The molecule has 0 unspecified atom stereocenters. The molecular weight excluding hydrogens is 332 g/mol. The van der Waals surface area contributed by atoms with Crippen LogP contribution in [0.25, 0.3) is 10.9 Å². The maximum Gasteiger partial charge on any atom is 0.380 e. The zero-order valence-corrected chi connectivity index (χ0v) is 15.2. The third-order valence-electron chi connectivity index (χ3n) is 4.86. The van der Waals surface area contributed by atoms with E-state index < -0.39 is 17.9 Å². The van der Waals surface area contributed by atoms with Crippen LogP contribution in [0.1, 0.15) is 48.7 Å². The van der Waals surface area contributed by atoms with Gasteiger partial charge in [0, 0.05) is 29.7 Å². The fourth-order valence-corrected chi connectivity index (χ4v) is 3.48. The predicted octanol–water partition coefficient (Wildman–Crippen LogP) is 2.99. The highest BCUT2D eigenvalue weighted by molar-refractivity contribution is 6.43. The van der Waals surface area contributed by atoms with Gasteiger partial charge >= 0.3 is 5.97 Å². The van der Waals surface area contributed by atoms with Crippen LogP contribution in [0.4, 0.5) is 0 Å². The number of amides is 1. The summed E-state index contributed by atoms with van der Waals surface area (Å²) in [5.41, 5.74) is 1.70. The number of hydrogen-bond acceptors (Lipinski definition) is 4. The van der Waals surface area contributed by atoms with Crippen LogP contribution in [0.15, 0.2) is 24.3 Å². The van der Waals surface area contributed by atoms with Gasteiger partial charge in [0.25, 0.3) is 11.7 Å². The fraction of sp³-hybridized carbons (Fsp3) is 0.450. The van der Waals surface area contributed by atoms with E-state index in [1.165, 1.54) is 6.92 Å². The first kappa shape index (κ1) is 18.2. The molecule has 1 aliphatic rings. The number of nitrogens with one attached hydrogen (secondary N) is 1. The Labute approximate surface area is 152 Å². The Kier molecular flexibility index (Phi) is 5.40. The van der Waals surface area contributed by atoms with Gasteiger partial charge in [0.2, 0.25) is 0 Å².